The second-order valence-electron chi connectivity index (χ2n) is 3.95. The Morgan fingerprint density at radius 3 is 2.56 bits per heavy atom. The lowest BCUT2D eigenvalue weighted by atomic mass is 10.1. The minimum atomic E-state index is -0.678. The Morgan fingerprint density at radius 2 is 2.06 bits per heavy atom. The van der Waals surface area contributed by atoms with E-state index in [0.717, 1.165) is 0 Å². The third kappa shape index (κ3) is 3.37. The first-order valence-corrected chi connectivity index (χ1v) is 5.73. The van der Waals surface area contributed by atoms with E-state index in [9.17, 15) is 9.90 Å². The smallest absolute Gasteiger partial charge is 0.260 e. The van der Waals surface area contributed by atoms with Crippen LogP contribution >= 0.6 is 0 Å². The average molecular weight is 253 g/mol. The number of likely N-dealkylation sites (N-methyl/N-ethyl adjacent to an activating group) is 1. The second-order valence-corrected chi connectivity index (χ2v) is 3.95. The van der Waals surface area contributed by atoms with E-state index in [2.05, 4.69) is 5.32 Å². The van der Waals surface area contributed by atoms with Crippen molar-refractivity contribution >= 4 is 5.91 Å². The van der Waals surface area contributed by atoms with E-state index >= 15 is 0 Å². The number of nitrogens with one attached hydrogen (secondary N) is 1. The van der Waals surface area contributed by atoms with Crippen molar-refractivity contribution in [3.8, 4) is 11.5 Å². The molecule has 0 bridgehead atoms. The molecule has 100 valence electrons. The molecule has 5 nitrogen and oxygen atoms in total. The number of carbonyl (C=O) groups excluding carboxylic acids is 1. The Labute approximate surface area is 107 Å². The van der Waals surface area contributed by atoms with Gasteiger partial charge in [0.2, 0.25) is 0 Å². The van der Waals surface area contributed by atoms with Gasteiger partial charge in [-0.25, -0.2) is 0 Å². The molecule has 2 atom stereocenters. The van der Waals surface area contributed by atoms with Gasteiger partial charge >= 0.3 is 0 Å². The fraction of sp³-hybridized carbons (Fsp3) is 0.462. The molecule has 1 amide bonds. The molecule has 0 saturated heterocycles. The van der Waals surface area contributed by atoms with Crippen LogP contribution in [0.5, 0.6) is 11.5 Å². The molecular weight excluding hydrogens is 234 g/mol. The quantitative estimate of drug-likeness (QED) is 0.829. The zero-order valence-corrected chi connectivity index (χ0v) is 11.1. The third-order valence-corrected chi connectivity index (χ3v) is 2.59. The summed E-state index contributed by atoms with van der Waals surface area (Å²) in [5.41, 5.74) is 0.617. The summed E-state index contributed by atoms with van der Waals surface area (Å²) in [4.78, 5) is 11.4. The van der Waals surface area contributed by atoms with Crippen LogP contribution in [0.2, 0.25) is 0 Å². The largest absolute Gasteiger partial charge is 0.497 e. The maximum Gasteiger partial charge on any atom is 0.260 e. The lowest BCUT2D eigenvalue weighted by Crippen LogP contribution is -2.34. The van der Waals surface area contributed by atoms with Gasteiger partial charge in [0.05, 0.1) is 13.2 Å². The molecule has 0 spiro atoms. The summed E-state index contributed by atoms with van der Waals surface area (Å²) in [5, 5.41) is 12.2. The summed E-state index contributed by atoms with van der Waals surface area (Å²) in [6, 6.07) is 5.11. The number of aliphatic hydroxyl groups is 1. The van der Waals surface area contributed by atoms with Crippen molar-refractivity contribution in [1.82, 2.24) is 5.32 Å². The van der Waals surface area contributed by atoms with E-state index in [4.69, 9.17) is 9.47 Å². The van der Waals surface area contributed by atoms with E-state index in [1.807, 2.05) is 0 Å². The molecule has 0 aliphatic heterocycles. The van der Waals surface area contributed by atoms with Gasteiger partial charge in [-0.3, -0.25) is 4.79 Å². The number of amides is 1. The molecule has 18 heavy (non-hydrogen) atoms. The van der Waals surface area contributed by atoms with Crippen molar-refractivity contribution in [3.05, 3.63) is 23.8 Å². The van der Waals surface area contributed by atoms with Crippen LogP contribution in [0.25, 0.3) is 0 Å². The molecule has 0 aliphatic rings. The summed E-state index contributed by atoms with van der Waals surface area (Å²) >= 11 is 0. The lowest BCUT2D eigenvalue weighted by molar-refractivity contribution is -0.126. The van der Waals surface area contributed by atoms with Crippen molar-refractivity contribution in [3.63, 3.8) is 0 Å². The number of benzene rings is 1. The van der Waals surface area contributed by atoms with Crippen LogP contribution in [0.15, 0.2) is 18.2 Å². The summed E-state index contributed by atoms with van der Waals surface area (Å²) < 4.78 is 10.6. The molecule has 1 unspecified atom stereocenters. The third-order valence-electron chi connectivity index (χ3n) is 2.59. The average Bonchev–Trinajstić information content (AvgIpc) is 2.37. The van der Waals surface area contributed by atoms with Gasteiger partial charge in [-0.15, -0.1) is 0 Å². The van der Waals surface area contributed by atoms with Crippen LogP contribution < -0.4 is 14.8 Å². The standard InChI is InChI=1S/C13H19NO4/c1-8(15)11-6-5-10(17-4)7-12(11)18-9(2)13(16)14-3/h5-9,15H,1-4H3,(H,14,16)/t8-,9?/m0/s1. The first kappa shape index (κ1) is 14.3. The number of aliphatic hydroxyl groups excluding tert-OH is 1. The van der Waals surface area contributed by atoms with Crippen molar-refractivity contribution < 1.29 is 19.4 Å². The van der Waals surface area contributed by atoms with Crippen LogP contribution in [0.3, 0.4) is 0 Å². The van der Waals surface area contributed by atoms with E-state index in [-0.39, 0.29) is 5.91 Å². The molecule has 2 N–H and O–H groups in total. The number of hydrogen-bond acceptors (Lipinski definition) is 4. The molecule has 0 saturated carbocycles. The van der Waals surface area contributed by atoms with Gasteiger partial charge in [0.1, 0.15) is 11.5 Å². The van der Waals surface area contributed by atoms with E-state index in [0.29, 0.717) is 17.1 Å². The second kappa shape index (κ2) is 6.26. The van der Waals surface area contributed by atoms with Gasteiger partial charge in [0, 0.05) is 18.7 Å². The fourth-order valence-electron chi connectivity index (χ4n) is 1.54. The predicted octanol–water partition coefficient (Wildman–Crippen LogP) is 1.26. The number of methoxy groups -OCH3 is 1. The Morgan fingerprint density at radius 1 is 1.39 bits per heavy atom. The summed E-state index contributed by atoms with van der Waals surface area (Å²) in [7, 11) is 3.09. The van der Waals surface area contributed by atoms with Crippen molar-refractivity contribution in [2.45, 2.75) is 26.1 Å². The maximum atomic E-state index is 11.4. The molecule has 0 fully saturated rings. The number of carbonyl (C=O) groups is 1. The first-order chi connectivity index (χ1) is 8.49. The monoisotopic (exact) mass is 253 g/mol. The highest BCUT2D eigenvalue weighted by Crippen LogP contribution is 2.30. The SMILES string of the molecule is CNC(=O)C(C)Oc1cc(OC)ccc1[C@H](C)O. The molecule has 1 aromatic rings. The van der Waals surface area contributed by atoms with Gasteiger partial charge < -0.3 is 19.9 Å². The Hall–Kier alpha value is -1.75. The van der Waals surface area contributed by atoms with Crippen LogP contribution in [0.4, 0.5) is 0 Å². The van der Waals surface area contributed by atoms with Gasteiger partial charge in [0.25, 0.3) is 5.91 Å². The molecule has 0 radical (unpaired) electrons. The topological polar surface area (TPSA) is 67.8 Å². The van der Waals surface area contributed by atoms with Crippen LogP contribution in [0.1, 0.15) is 25.5 Å². The molecule has 1 aromatic carbocycles. The zero-order chi connectivity index (χ0) is 13.7. The van der Waals surface area contributed by atoms with E-state index < -0.39 is 12.2 Å². The lowest BCUT2D eigenvalue weighted by Gasteiger charge is -2.18. The van der Waals surface area contributed by atoms with Crippen molar-refractivity contribution in [2.75, 3.05) is 14.2 Å². The molecule has 0 aliphatic carbocycles. The van der Waals surface area contributed by atoms with Crippen LogP contribution in [0, 0.1) is 0 Å². The molecule has 0 aromatic heterocycles. The zero-order valence-electron chi connectivity index (χ0n) is 11.1. The van der Waals surface area contributed by atoms with E-state index in [1.54, 1.807) is 46.2 Å². The fourth-order valence-corrected chi connectivity index (χ4v) is 1.54. The number of rotatable bonds is 5. The highest BCUT2D eigenvalue weighted by atomic mass is 16.5. The summed E-state index contributed by atoms with van der Waals surface area (Å²) in [6.45, 7) is 3.28. The summed E-state index contributed by atoms with van der Waals surface area (Å²) in [6.07, 6.45) is -1.32. The highest BCUT2D eigenvalue weighted by molar-refractivity contribution is 5.80. The predicted molar refractivity (Wildman–Crippen MR) is 67.8 cm³/mol. The molecular formula is C13H19NO4. The minimum Gasteiger partial charge on any atom is -0.497 e. The molecule has 5 heteroatoms. The van der Waals surface area contributed by atoms with Gasteiger partial charge in [0.15, 0.2) is 6.10 Å². The number of hydrogen-bond donors (Lipinski definition) is 2. The maximum absolute atomic E-state index is 11.4. The number of ether oxygens (including phenoxy) is 2. The Balaban J connectivity index is 3.00. The van der Waals surface area contributed by atoms with Gasteiger partial charge in [-0.1, -0.05) is 0 Å². The van der Waals surface area contributed by atoms with Crippen LogP contribution in [-0.2, 0) is 4.79 Å². The first-order valence-electron chi connectivity index (χ1n) is 5.73. The molecule has 0 heterocycles. The highest BCUT2D eigenvalue weighted by Gasteiger charge is 2.17. The summed E-state index contributed by atoms with van der Waals surface area (Å²) in [5.74, 6) is 0.827. The van der Waals surface area contributed by atoms with E-state index in [1.165, 1.54) is 0 Å². The Kier molecular flexibility index (Phi) is 4.97. The van der Waals surface area contributed by atoms with Crippen molar-refractivity contribution in [1.29, 1.82) is 0 Å². The minimum absolute atomic E-state index is 0.227. The Bertz CT molecular complexity index is 417. The van der Waals surface area contributed by atoms with Crippen LogP contribution in [-0.4, -0.2) is 31.3 Å². The van der Waals surface area contributed by atoms with Crippen molar-refractivity contribution in [2.24, 2.45) is 0 Å². The molecule has 1 rings (SSSR count). The normalized spacial score (nSPS) is 13.6. The van der Waals surface area contributed by atoms with Gasteiger partial charge in [-0.2, -0.15) is 0 Å². The van der Waals surface area contributed by atoms with Gasteiger partial charge in [-0.05, 0) is 26.0 Å².